The summed E-state index contributed by atoms with van der Waals surface area (Å²) in [5, 5.41) is 13.7. The van der Waals surface area contributed by atoms with Gasteiger partial charge in [-0.2, -0.15) is 10.2 Å². The SMILES string of the molecule is CCC[C@@H](N(C)OCC#Cc1ccc2c(c1)n(C)c(=O)n2C1CCC(=O)NC1=O)n1cc(NC(=O)c2coc(-c3ccnc(NCC4CC4)c3)n2)c(C(F)F)n1. The van der Waals surface area contributed by atoms with Gasteiger partial charge in [-0.15, -0.1) is 0 Å². The number of aryl methyl sites for hydroxylation is 1. The average molecular weight is 771 g/mol. The minimum Gasteiger partial charge on any atom is -0.444 e. The van der Waals surface area contributed by atoms with E-state index in [1.807, 2.05) is 6.92 Å². The molecule has 2 aliphatic rings. The van der Waals surface area contributed by atoms with Gasteiger partial charge in [0.1, 0.15) is 30.9 Å². The molecular formula is C38H40F2N10O6. The van der Waals surface area contributed by atoms with Crippen molar-refractivity contribution in [3.05, 3.63) is 76.4 Å². The van der Waals surface area contributed by atoms with E-state index in [-0.39, 0.29) is 48.3 Å². The molecule has 292 valence electrons. The summed E-state index contributed by atoms with van der Waals surface area (Å²) in [6.07, 6.45) is 4.34. The smallest absolute Gasteiger partial charge is 0.329 e. The normalized spacial score (nSPS) is 16.2. The van der Waals surface area contributed by atoms with Gasteiger partial charge in [-0.25, -0.2) is 23.5 Å². The third-order valence-electron chi connectivity index (χ3n) is 9.68. The summed E-state index contributed by atoms with van der Waals surface area (Å²) in [4.78, 5) is 64.9. The van der Waals surface area contributed by atoms with Crippen LogP contribution in [0.15, 0.2) is 58.2 Å². The molecule has 0 radical (unpaired) electrons. The molecule has 5 heterocycles. The average Bonchev–Trinajstić information content (AvgIpc) is 3.60. The lowest BCUT2D eigenvalue weighted by Crippen LogP contribution is -2.44. The summed E-state index contributed by atoms with van der Waals surface area (Å²) in [6, 6.07) is 7.81. The van der Waals surface area contributed by atoms with Crippen molar-refractivity contribution < 1.29 is 32.4 Å². The number of anilines is 2. The fourth-order valence-electron chi connectivity index (χ4n) is 6.51. The molecule has 2 atom stereocenters. The maximum absolute atomic E-state index is 14.2. The van der Waals surface area contributed by atoms with Gasteiger partial charge in [0, 0.05) is 44.4 Å². The van der Waals surface area contributed by atoms with Crippen LogP contribution in [0.25, 0.3) is 22.5 Å². The van der Waals surface area contributed by atoms with Gasteiger partial charge < -0.3 is 15.1 Å². The Morgan fingerprint density at radius 1 is 1.16 bits per heavy atom. The van der Waals surface area contributed by atoms with E-state index in [2.05, 4.69) is 42.9 Å². The fraction of sp³-hybridized carbons (Fsp3) is 0.395. The number of imide groups is 1. The lowest BCUT2D eigenvalue weighted by molar-refractivity contribution is -0.180. The molecule has 2 fully saturated rings. The topological polar surface area (TPSA) is 183 Å². The number of aromatic nitrogens is 6. The first-order valence-corrected chi connectivity index (χ1v) is 18.2. The van der Waals surface area contributed by atoms with Gasteiger partial charge in [-0.3, -0.25) is 38.4 Å². The standard InChI is InChI=1S/C38H40F2N10O6/c1-4-6-32(48(3)56-16-5-7-22-10-11-27-29(17-22)47(2)38(54)50(27)28-12-13-31(51)45-36(28)53)49-20-25(33(46-49)34(39)40)43-35(52)26-21-55-37(44-26)24-14-15-41-30(18-24)42-19-23-8-9-23/h10-11,14-15,17-18,20-21,23,28,32,34H,4,6,8-9,12-13,16,19H2,1-3H3,(H,41,42)(H,43,52)(H,45,51,53)/t28?,32-/m0/s1. The Kier molecular flexibility index (Phi) is 11.1. The van der Waals surface area contributed by atoms with E-state index in [9.17, 15) is 28.0 Å². The van der Waals surface area contributed by atoms with Crippen LogP contribution in [0.2, 0.25) is 0 Å². The number of nitrogens with zero attached hydrogens (tertiary/aromatic N) is 7. The van der Waals surface area contributed by atoms with E-state index >= 15 is 0 Å². The third kappa shape index (κ3) is 8.23. The van der Waals surface area contributed by atoms with Gasteiger partial charge >= 0.3 is 5.69 Å². The molecule has 4 aromatic heterocycles. The van der Waals surface area contributed by atoms with E-state index in [4.69, 9.17) is 9.25 Å². The number of hydrogen-bond acceptors (Lipinski definition) is 11. The highest BCUT2D eigenvalue weighted by atomic mass is 19.3. The Morgan fingerprint density at radius 2 is 1.98 bits per heavy atom. The summed E-state index contributed by atoms with van der Waals surface area (Å²) < 4.78 is 38.1. The maximum atomic E-state index is 14.2. The van der Waals surface area contributed by atoms with Crippen LogP contribution in [0.4, 0.5) is 20.3 Å². The predicted octanol–water partition coefficient (Wildman–Crippen LogP) is 4.79. The van der Waals surface area contributed by atoms with Crippen molar-refractivity contribution in [1.82, 2.24) is 39.3 Å². The molecule has 1 saturated heterocycles. The van der Waals surface area contributed by atoms with Crippen LogP contribution in [0.1, 0.15) is 85.8 Å². The van der Waals surface area contributed by atoms with Crippen molar-refractivity contribution >= 4 is 40.3 Å². The Labute approximate surface area is 319 Å². The number of benzene rings is 1. The highest BCUT2D eigenvalue weighted by molar-refractivity contribution is 6.03. The van der Waals surface area contributed by atoms with Gasteiger partial charge in [0.25, 0.3) is 12.3 Å². The summed E-state index contributed by atoms with van der Waals surface area (Å²) in [5.74, 6) is 5.78. The second-order valence-corrected chi connectivity index (χ2v) is 13.7. The van der Waals surface area contributed by atoms with Gasteiger partial charge in [0.2, 0.25) is 17.7 Å². The zero-order valence-corrected chi connectivity index (χ0v) is 30.9. The highest BCUT2D eigenvalue weighted by Gasteiger charge is 2.31. The van der Waals surface area contributed by atoms with E-state index in [1.165, 1.54) is 37.9 Å². The number of piperidine rings is 1. The lowest BCUT2D eigenvalue weighted by Gasteiger charge is -2.26. The van der Waals surface area contributed by atoms with Gasteiger partial charge in [0.05, 0.1) is 22.9 Å². The van der Waals surface area contributed by atoms with Crippen molar-refractivity contribution in [2.24, 2.45) is 13.0 Å². The van der Waals surface area contributed by atoms with Gasteiger partial charge in [0.15, 0.2) is 11.4 Å². The van der Waals surface area contributed by atoms with Crippen LogP contribution in [0.3, 0.4) is 0 Å². The lowest BCUT2D eigenvalue weighted by atomic mass is 10.1. The Hall–Kier alpha value is -6.19. The van der Waals surface area contributed by atoms with Crippen molar-refractivity contribution in [1.29, 1.82) is 0 Å². The van der Waals surface area contributed by atoms with Crippen LogP contribution >= 0.6 is 0 Å². The molecule has 1 saturated carbocycles. The Balaban J connectivity index is 1.01. The number of oxazole rings is 1. The van der Waals surface area contributed by atoms with Crippen LogP contribution in [-0.2, 0) is 21.5 Å². The summed E-state index contributed by atoms with van der Waals surface area (Å²) in [7, 11) is 3.23. The summed E-state index contributed by atoms with van der Waals surface area (Å²) in [6.45, 7) is 2.68. The van der Waals surface area contributed by atoms with Crippen molar-refractivity contribution in [3.8, 4) is 23.3 Å². The number of nitrogens with one attached hydrogen (secondary N) is 3. The van der Waals surface area contributed by atoms with E-state index in [1.54, 1.807) is 50.6 Å². The first-order valence-electron chi connectivity index (χ1n) is 18.2. The highest BCUT2D eigenvalue weighted by Crippen LogP contribution is 2.31. The number of halogens is 2. The van der Waals surface area contributed by atoms with Crippen LogP contribution in [0.5, 0.6) is 0 Å². The number of hydroxylamine groups is 2. The number of pyridine rings is 1. The molecule has 1 aromatic carbocycles. The van der Waals surface area contributed by atoms with E-state index in [0.29, 0.717) is 46.7 Å². The fourth-order valence-corrected chi connectivity index (χ4v) is 6.51. The molecular weight excluding hydrogens is 730 g/mol. The minimum absolute atomic E-state index is 0.0679. The van der Waals surface area contributed by atoms with Gasteiger partial charge in [-0.1, -0.05) is 25.2 Å². The van der Waals surface area contributed by atoms with Crippen LogP contribution in [0, 0.1) is 17.8 Å². The second-order valence-electron chi connectivity index (χ2n) is 13.7. The van der Waals surface area contributed by atoms with Crippen molar-refractivity contribution in [2.75, 3.05) is 30.8 Å². The Morgan fingerprint density at radius 3 is 2.73 bits per heavy atom. The molecule has 3 amide bonds. The largest absolute Gasteiger partial charge is 0.444 e. The predicted molar refractivity (Wildman–Crippen MR) is 199 cm³/mol. The number of rotatable bonds is 14. The number of carbonyl (C=O) groups excluding carboxylic acids is 3. The molecule has 56 heavy (non-hydrogen) atoms. The second kappa shape index (κ2) is 16.3. The zero-order valence-electron chi connectivity index (χ0n) is 30.9. The molecule has 7 rings (SSSR count). The Bertz CT molecular complexity index is 2400. The number of imidazole rings is 1. The quantitative estimate of drug-likeness (QED) is 0.0802. The van der Waals surface area contributed by atoms with Crippen molar-refractivity contribution in [3.63, 3.8) is 0 Å². The number of hydrogen-bond donors (Lipinski definition) is 3. The molecule has 1 unspecified atom stereocenters. The first-order chi connectivity index (χ1) is 27.0. The number of alkyl halides is 2. The molecule has 16 nitrogen and oxygen atoms in total. The van der Waals surface area contributed by atoms with E-state index < -0.39 is 36.1 Å². The molecule has 0 spiro atoms. The van der Waals surface area contributed by atoms with Crippen molar-refractivity contribution in [2.45, 2.75) is 64.1 Å². The maximum Gasteiger partial charge on any atom is 0.329 e. The third-order valence-corrected chi connectivity index (χ3v) is 9.68. The monoisotopic (exact) mass is 770 g/mol. The molecule has 0 bridgehead atoms. The number of carbonyl (C=O) groups is 3. The zero-order chi connectivity index (χ0) is 39.5. The van der Waals surface area contributed by atoms with Crippen LogP contribution < -0.4 is 21.6 Å². The molecule has 1 aliphatic heterocycles. The molecule has 1 aliphatic carbocycles. The first kappa shape index (κ1) is 38.1. The van der Waals surface area contributed by atoms with Crippen LogP contribution in [-0.4, -0.2) is 71.9 Å². The summed E-state index contributed by atoms with van der Waals surface area (Å²) in [5.41, 5.74) is 0.996. The molecule has 5 aromatic rings. The number of amides is 3. The van der Waals surface area contributed by atoms with E-state index in [0.717, 1.165) is 12.8 Å². The number of fused-ring (bicyclic) bond motifs is 1. The minimum atomic E-state index is -2.99. The van der Waals surface area contributed by atoms with Gasteiger partial charge in [-0.05, 0) is 61.9 Å². The summed E-state index contributed by atoms with van der Waals surface area (Å²) >= 11 is 0. The molecule has 18 heteroatoms. The molecule has 3 N–H and O–H groups in total.